The molecule has 0 saturated carbocycles. The highest BCUT2D eigenvalue weighted by Crippen LogP contribution is 2.48. The summed E-state index contributed by atoms with van der Waals surface area (Å²) in [4.78, 5) is 51.8. The molecule has 28 heavy (non-hydrogen) atoms. The summed E-state index contributed by atoms with van der Waals surface area (Å²) in [6.45, 7) is 4.10. The Morgan fingerprint density at radius 1 is 1.29 bits per heavy atom. The van der Waals surface area contributed by atoms with Gasteiger partial charge in [-0.3, -0.25) is 29.9 Å². The third-order valence-electron chi connectivity index (χ3n) is 5.86. The van der Waals surface area contributed by atoms with Gasteiger partial charge >= 0.3 is 6.03 Å². The molecule has 0 aliphatic carbocycles. The molecule has 2 unspecified atom stereocenters. The highest BCUT2D eigenvalue weighted by molar-refractivity contribution is 6.20. The molecule has 4 rings (SSSR count). The number of non-ortho nitro benzene ring substituents is 1. The molecule has 10 heteroatoms. The Balaban J connectivity index is 1.93. The average Bonchev–Trinajstić information content (AvgIpc) is 2.63. The van der Waals surface area contributed by atoms with E-state index < -0.39 is 40.3 Å². The molecule has 3 aliphatic heterocycles. The van der Waals surface area contributed by atoms with Gasteiger partial charge < -0.3 is 9.64 Å². The highest BCUT2D eigenvalue weighted by Gasteiger charge is 2.64. The van der Waals surface area contributed by atoms with Crippen LogP contribution in [0.15, 0.2) is 18.2 Å². The van der Waals surface area contributed by atoms with Crippen LogP contribution in [0.1, 0.15) is 19.4 Å². The molecule has 0 bridgehead atoms. The van der Waals surface area contributed by atoms with Crippen LogP contribution in [0, 0.1) is 15.5 Å². The second-order valence-electron chi connectivity index (χ2n) is 7.59. The van der Waals surface area contributed by atoms with E-state index in [1.807, 2.05) is 11.8 Å². The third-order valence-corrected chi connectivity index (χ3v) is 5.86. The number of imide groups is 2. The summed E-state index contributed by atoms with van der Waals surface area (Å²) < 4.78 is 5.93. The van der Waals surface area contributed by atoms with Gasteiger partial charge in [0.15, 0.2) is 5.41 Å². The maximum Gasteiger partial charge on any atom is 0.330 e. The van der Waals surface area contributed by atoms with Gasteiger partial charge in [0.05, 0.1) is 23.2 Å². The van der Waals surface area contributed by atoms with E-state index in [4.69, 9.17) is 4.74 Å². The van der Waals surface area contributed by atoms with Gasteiger partial charge in [0.1, 0.15) is 0 Å². The number of urea groups is 1. The van der Waals surface area contributed by atoms with Crippen LogP contribution in [0.4, 0.5) is 16.2 Å². The van der Waals surface area contributed by atoms with E-state index in [2.05, 4.69) is 5.32 Å². The smallest absolute Gasteiger partial charge is 0.330 e. The van der Waals surface area contributed by atoms with Crippen molar-refractivity contribution in [2.24, 2.45) is 5.41 Å². The maximum absolute atomic E-state index is 13.3. The Morgan fingerprint density at radius 3 is 2.68 bits per heavy atom. The van der Waals surface area contributed by atoms with Crippen molar-refractivity contribution in [2.45, 2.75) is 38.5 Å². The summed E-state index contributed by atoms with van der Waals surface area (Å²) >= 11 is 0. The molecule has 0 aromatic heterocycles. The van der Waals surface area contributed by atoms with E-state index in [1.165, 1.54) is 19.2 Å². The zero-order chi connectivity index (χ0) is 20.4. The fourth-order valence-electron chi connectivity index (χ4n) is 4.75. The van der Waals surface area contributed by atoms with Crippen molar-refractivity contribution in [3.63, 3.8) is 0 Å². The molecule has 3 heterocycles. The molecule has 3 aliphatic rings. The molecule has 1 aromatic carbocycles. The van der Waals surface area contributed by atoms with Crippen molar-refractivity contribution >= 4 is 29.2 Å². The number of morpholine rings is 1. The Morgan fingerprint density at radius 2 is 2.00 bits per heavy atom. The van der Waals surface area contributed by atoms with Crippen LogP contribution in [0.5, 0.6) is 0 Å². The van der Waals surface area contributed by atoms with Crippen molar-refractivity contribution in [2.75, 3.05) is 18.5 Å². The Bertz CT molecular complexity index is 917. The average molecular weight is 388 g/mol. The van der Waals surface area contributed by atoms with Crippen molar-refractivity contribution in [3.8, 4) is 0 Å². The standard InChI is InChI=1S/C18H20N4O6/c1-9-8-21-13-5-4-12(22(26)27)6-11(13)7-18(14(21)10(2)28-9)15(23)19-17(25)20(3)16(18)24/h4-6,9-10,14H,7-8H2,1-3H3,(H,19,23,25)/t9-,10+,14?,18?/m1/s1. The summed E-state index contributed by atoms with van der Waals surface area (Å²) in [5.41, 5.74) is -0.457. The number of benzene rings is 1. The van der Waals surface area contributed by atoms with E-state index in [0.29, 0.717) is 12.1 Å². The topological polar surface area (TPSA) is 122 Å². The van der Waals surface area contributed by atoms with Crippen molar-refractivity contribution < 1.29 is 24.0 Å². The van der Waals surface area contributed by atoms with Gasteiger partial charge in [0.25, 0.3) is 5.69 Å². The molecular weight excluding hydrogens is 368 g/mol. The number of carbonyl (C=O) groups excluding carboxylic acids is 3. The number of barbiturate groups is 1. The largest absolute Gasteiger partial charge is 0.372 e. The first-order valence-corrected chi connectivity index (χ1v) is 9.00. The Kier molecular flexibility index (Phi) is 3.93. The van der Waals surface area contributed by atoms with Gasteiger partial charge in [-0.05, 0) is 25.5 Å². The maximum atomic E-state index is 13.3. The van der Waals surface area contributed by atoms with Crippen LogP contribution >= 0.6 is 0 Å². The molecule has 2 fully saturated rings. The number of amides is 4. The number of nitro benzene ring substituents is 1. The van der Waals surface area contributed by atoms with Crippen LogP contribution in [-0.2, 0) is 20.7 Å². The van der Waals surface area contributed by atoms with Crippen LogP contribution < -0.4 is 10.2 Å². The van der Waals surface area contributed by atoms with Crippen LogP contribution in [0.3, 0.4) is 0 Å². The van der Waals surface area contributed by atoms with Gasteiger partial charge in [-0.1, -0.05) is 0 Å². The zero-order valence-corrected chi connectivity index (χ0v) is 15.7. The number of nitrogens with one attached hydrogen (secondary N) is 1. The van der Waals surface area contributed by atoms with Crippen molar-refractivity contribution in [1.29, 1.82) is 0 Å². The zero-order valence-electron chi connectivity index (χ0n) is 15.7. The number of carbonyl (C=O) groups is 3. The number of ether oxygens (including phenoxy) is 1. The van der Waals surface area contributed by atoms with Crippen LogP contribution in [0.2, 0.25) is 0 Å². The number of hydrogen-bond acceptors (Lipinski definition) is 7. The summed E-state index contributed by atoms with van der Waals surface area (Å²) in [7, 11) is 1.32. The Hall–Kier alpha value is -3.01. The summed E-state index contributed by atoms with van der Waals surface area (Å²) in [5, 5.41) is 13.5. The van der Waals surface area contributed by atoms with E-state index in [0.717, 1.165) is 10.6 Å². The second kappa shape index (κ2) is 5.99. The molecule has 4 atom stereocenters. The van der Waals surface area contributed by atoms with Gasteiger partial charge in [0, 0.05) is 37.8 Å². The third kappa shape index (κ3) is 2.34. The summed E-state index contributed by atoms with van der Waals surface area (Å²) in [6, 6.07) is 3.04. The van der Waals surface area contributed by atoms with Crippen LogP contribution in [-0.4, -0.2) is 59.5 Å². The van der Waals surface area contributed by atoms with Gasteiger partial charge in [-0.25, -0.2) is 4.79 Å². The first-order valence-electron chi connectivity index (χ1n) is 9.00. The number of nitro groups is 1. The molecule has 0 radical (unpaired) electrons. The fraction of sp³-hybridized carbons (Fsp3) is 0.500. The number of rotatable bonds is 1. The lowest BCUT2D eigenvalue weighted by molar-refractivity contribution is -0.384. The van der Waals surface area contributed by atoms with Crippen LogP contribution in [0.25, 0.3) is 0 Å². The first-order chi connectivity index (χ1) is 13.2. The summed E-state index contributed by atoms with van der Waals surface area (Å²) in [6.07, 6.45) is -0.677. The monoisotopic (exact) mass is 388 g/mol. The number of anilines is 1. The van der Waals surface area contributed by atoms with Gasteiger partial charge in [-0.15, -0.1) is 0 Å². The molecule has 4 amide bonds. The normalized spacial score (nSPS) is 32.1. The number of hydrogen-bond donors (Lipinski definition) is 1. The molecule has 148 valence electrons. The minimum absolute atomic E-state index is 0.0461. The lowest BCUT2D eigenvalue weighted by Crippen LogP contribution is -2.75. The molecule has 1 N–H and O–H groups in total. The Labute approximate surface area is 160 Å². The lowest BCUT2D eigenvalue weighted by atomic mass is 9.66. The van der Waals surface area contributed by atoms with E-state index in [-0.39, 0.29) is 18.2 Å². The lowest BCUT2D eigenvalue weighted by Gasteiger charge is -2.56. The molecule has 10 nitrogen and oxygen atoms in total. The van der Waals surface area contributed by atoms with Gasteiger partial charge in [0.2, 0.25) is 11.8 Å². The highest BCUT2D eigenvalue weighted by atomic mass is 16.6. The van der Waals surface area contributed by atoms with E-state index in [1.54, 1.807) is 13.0 Å². The molecule has 2 saturated heterocycles. The van der Waals surface area contributed by atoms with Crippen molar-refractivity contribution in [1.82, 2.24) is 10.2 Å². The fourth-order valence-corrected chi connectivity index (χ4v) is 4.75. The predicted octanol–water partition coefficient (Wildman–Crippen LogP) is 0.828. The minimum Gasteiger partial charge on any atom is -0.372 e. The van der Waals surface area contributed by atoms with E-state index >= 15 is 0 Å². The first kappa shape index (κ1) is 18.4. The molecular formula is C18H20N4O6. The van der Waals surface area contributed by atoms with E-state index in [9.17, 15) is 24.5 Å². The molecule has 1 spiro atoms. The number of fused-ring (bicyclic) bond motifs is 4. The van der Waals surface area contributed by atoms with Crippen molar-refractivity contribution in [3.05, 3.63) is 33.9 Å². The predicted molar refractivity (Wildman–Crippen MR) is 96.7 cm³/mol. The second-order valence-corrected chi connectivity index (χ2v) is 7.59. The molecule has 1 aromatic rings. The van der Waals surface area contributed by atoms with Gasteiger partial charge in [-0.2, -0.15) is 0 Å². The number of nitrogens with zero attached hydrogens (tertiary/aromatic N) is 3. The quantitative estimate of drug-likeness (QED) is 0.429. The SMILES string of the molecule is C[C@@H]1CN2c3ccc([N+](=O)[O-])cc3CC3(C(=O)NC(=O)N(C)C3=O)C2[C@H](C)O1. The minimum atomic E-state index is -1.61. The summed E-state index contributed by atoms with van der Waals surface area (Å²) in [5.74, 6) is -1.32.